The molecule has 0 amide bonds. The summed E-state index contributed by atoms with van der Waals surface area (Å²) in [5, 5.41) is 10.7. The van der Waals surface area contributed by atoms with Gasteiger partial charge in [0.1, 0.15) is 5.75 Å². The minimum Gasteiger partial charge on any atom is -0.508 e. The van der Waals surface area contributed by atoms with Crippen molar-refractivity contribution in [2.45, 2.75) is 72.1 Å². The zero-order chi connectivity index (χ0) is 16.3. The normalized spacial score (nSPS) is 29.9. The number of hydrogen-bond acceptors (Lipinski definition) is 2. The van der Waals surface area contributed by atoms with E-state index < -0.39 is 0 Å². The Kier molecular flexibility index (Phi) is 3.43. The van der Waals surface area contributed by atoms with Crippen molar-refractivity contribution in [3.05, 3.63) is 28.3 Å². The third-order valence-corrected chi connectivity index (χ3v) is 6.46. The Hall–Kier alpha value is -1.31. The van der Waals surface area contributed by atoms with Crippen molar-refractivity contribution >= 4 is 5.78 Å². The molecule has 0 saturated heterocycles. The van der Waals surface area contributed by atoms with Gasteiger partial charge < -0.3 is 5.11 Å². The number of rotatable bonds is 1. The molecular formula is C20H28O2. The predicted molar refractivity (Wildman–Crippen MR) is 89.6 cm³/mol. The topological polar surface area (TPSA) is 37.3 Å². The van der Waals surface area contributed by atoms with Crippen LogP contribution in [0, 0.1) is 18.3 Å². The summed E-state index contributed by atoms with van der Waals surface area (Å²) in [4.78, 5) is 12.9. The third-order valence-electron chi connectivity index (χ3n) is 6.46. The van der Waals surface area contributed by atoms with E-state index in [0.29, 0.717) is 18.1 Å². The van der Waals surface area contributed by atoms with Crippen molar-refractivity contribution in [1.29, 1.82) is 0 Å². The molecule has 0 aromatic heterocycles. The van der Waals surface area contributed by atoms with Crippen LogP contribution in [0.15, 0.2) is 6.07 Å². The fourth-order valence-electron chi connectivity index (χ4n) is 5.39. The van der Waals surface area contributed by atoms with Gasteiger partial charge in [0.15, 0.2) is 5.78 Å². The molecule has 1 fully saturated rings. The van der Waals surface area contributed by atoms with Crippen LogP contribution in [0.3, 0.4) is 0 Å². The Morgan fingerprint density at radius 3 is 2.59 bits per heavy atom. The molecule has 2 aliphatic rings. The van der Waals surface area contributed by atoms with Gasteiger partial charge in [-0.2, -0.15) is 0 Å². The van der Waals surface area contributed by atoms with E-state index in [1.807, 2.05) is 13.0 Å². The van der Waals surface area contributed by atoms with Gasteiger partial charge in [-0.05, 0) is 54.7 Å². The first-order valence-electron chi connectivity index (χ1n) is 8.61. The number of ketones is 1. The number of benzene rings is 1. The molecule has 0 spiro atoms. The molecule has 0 bridgehead atoms. The smallest absolute Gasteiger partial charge is 0.163 e. The highest BCUT2D eigenvalue weighted by Gasteiger charge is 2.53. The molecule has 1 aromatic carbocycles. The minimum atomic E-state index is -0.0767. The van der Waals surface area contributed by atoms with E-state index in [4.69, 9.17) is 0 Å². The minimum absolute atomic E-state index is 0.0767. The summed E-state index contributed by atoms with van der Waals surface area (Å²) < 4.78 is 0. The lowest BCUT2D eigenvalue weighted by Crippen LogP contribution is -2.49. The van der Waals surface area contributed by atoms with Gasteiger partial charge in [0.2, 0.25) is 0 Å². The van der Waals surface area contributed by atoms with Crippen LogP contribution >= 0.6 is 0 Å². The molecule has 2 heteroatoms. The van der Waals surface area contributed by atoms with Crippen molar-refractivity contribution in [2.24, 2.45) is 11.3 Å². The Morgan fingerprint density at radius 2 is 1.95 bits per heavy atom. The maximum Gasteiger partial charge on any atom is 0.163 e. The number of hydrogen-bond donors (Lipinski definition) is 1. The SMILES string of the molecule is CCc1c(C)cc(O)c2c1C(=O)C[C@@H]1C(C)(C)CCC[C@]21C. The number of phenolic OH excluding ortho intramolecular Hbond substituents is 1. The van der Waals surface area contributed by atoms with Crippen LogP contribution < -0.4 is 0 Å². The van der Waals surface area contributed by atoms with Gasteiger partial charge in [-0.3, -0.25) is 4.79 Å². The molecule has 0 heterocycles. The lowest BCUT2D eigenvalue weighted by atomic mass is 9.49. The first kappa shape index (κ1) is 15.6. The maximum absolute atomic E-state index is 12.9. The Labute approximate surface area is 133 Å². The molecule has 0 unspecified atom stereocenters. The number of phenols is 1. The highest BCUT2D eigenvalue weighted by atomic mass is 16.3. The second kappa shape index (κ2) is 4.84. The van der Waals surface area contributed by atoms with E-state index in [2.05, 4.69) is 27.7 Å². The number of Topliss-reactive ketones (excluding diaryl/α,β-unsaturated/α-hetero) is 1. The Bertz CT molecular complexity index is 642. The molecule has 3 rings (SSSR count). The van der Waals surface area contributed by atoms with Gasteiger partial charge in [0.25, 0.3) is 0 Å². The largest absolute Gasteiger partial charge is 0.508 e. The van der Waals surface area contributed by atoms with Crippen LogP contribution in [0.25, 0.3) is 0 Å². The van der Waals surface area contributed by atoms with Crippen molar-refractivity contribution < 1.29 is 9.90 Å². The van der Waals surface area contributed by atoms with E-state index in [9.17, 15) is 9.90 Å². The van der Waals surface area contributed by atoms with Crippen LogP contribution in [0.2, 0.25) is 0 Å². The quantitative estimate of drug-likeness (QED) is 0.798. The van der Waals surface area contributed by atoms with E-state index >= 15 is 0 Å². The second-order valence-electron chi connectivity index (χ2n) is 8.23. The monoisotopic (exact) mass is 300 g/mol. The van der Waals surface area contributed by atoms with Crippen LogP contribution in [0.4, 0.5) is 0 Å². The van der Waals surface area contributed by atoms with Crippen LogP contribution in [0.5, 0.6) is 5.75 Å². The van der Waals surface area contributed by atoms with Crippen molar-refractivity contribution in [1.82, 2.24) is 0 Å². The zero-order valence-electron chi connectivity index (χ0n) is 14.5. The summed E-state index contributed by atoms with van der Waals surface area (Å²) in [6.45, 7) is 11.0. The van der Waals surface area contributed by atoms with Gasteiger partial charge >= 0.3 is 0 Å². The molecule has 2 atom stereocenters. The third kappa shape index (κ3) is 1.96. The summed E-state index contributed by atoms with van der Waals surface area (Å²) >= 11 is 0. The summed E-state index contributed by atoms with van der Waals surface area (Å²) in [7, 11) is 0. The lowest BCUT2D eigenvalue weighted by Gasteiger charge is -2.54. The fourth-order valence-corrected chi connectivity index (χ4v) is 5.39. The highest BCUT2D eigenvalue weighted by Crippen LogP contribution is 2.59. The van der Waals surface area contributed by atoms with E-state index in [1.165, 1.54) is 12.8 Å². The first-order valence-corrected chi connectivity index (χ1v) is 8.61. The molecule has 2 aliphatic carbocycles. The zero-order valence-corrected chi connectivity index (χ0v) is 14.5. The number of aromatic hydroxyl groups is 1. The van der Waals surface area contributed by atoms with Crippen LogP contribution in [-0.2, 0) is 11.8 Å². The maximum atomic E-state index is 12.9. The average Bonchev–Trinajstić information content (AvgIpc) is 2.40. The van der Waals surface area contributed by atoms with Gasteiger partial charge in [0.05, 0.1) is 0 Å². The van der Waals surface area contributed by atoms with Crippen molar-refractivity contribution in [2.75, 3.05) is 0 Å². The van der Waals surface area contributed by atoms with Gasteiger partial charge in [-0.15, -0.1) is 0 Å². The molecular weight excluding hydrogens is 272 g/mol. The number of carbonyl (C=O) groups excluding carboxylic acids is 1. The number of aryl methyl sites for hydroxylation is 1. The summed E-state index contributed by atoms with van der Waals surface area (Å²) in [6, 6.07) is 1.88. The Balaban J connectivity index is 2.31. The molecule has 0 aliphatic heterocycles. The molecule has 2 nitrogen and oxygen atoms in total. The van der Waals surface area contributed by atoms with Crippen LogP contribution in [-0.4, -0.2) is 10.9 Å². The van der Waals surface area contributed by atoms with E-state index in [-0.39, 0.29) is 16.6 Å². The second-order valence-corrected chi connectivity index (χ2v) is 8.23. The molecule has 1 aromatic rings. The van der Waals surface area contributed by atoms with Crippen LogP contribution in [0.1, 0.15) is 80.4 Å². The van der Waals surface area contributed by atoms with Gasteiger partial charge in [-0.1, -0.05) is 34.1 Å². The highest BCUT2D eigenvalue weighted by molar-refractivity contribution is 6.02. The summed E-state index contributed by atoms with van der Waals surface area (Å²) in [5.41, 5.74) is 4.06. The van der Waals surface area contributed by atoms with E-state index in [1.54, 1.807) is 0 Å². The van der Waals surface area contributed by atoms with Gasteiger partial charge in [0, 0.05) is 23.0 Å². The Morgan fingerprint density at radius 1 is 1.27 bits per heavy atom. The van der Waals surface area contributed by atoms with Gasteiger partial charge in [-0.25, -0.2) is 0 Å². The molecule has 0 radical (unpaired) electrons. The van der Waals surface area contributed by atoms with Crippen molar-refractivity contribution in [3.63, 3.8) is 0 Å². The summed E-state index contributed by atoms with van der Waals surface area (Å²) in [6.07, 6.45) is 4.89. The lowest BCUT2D eigenvalue weighted by molar-refractivity contribution is 0.0355. The first-order chi connectivity index (χ1) is 10.2. The average molecular weight is 300 g/mol. The number of fused-ring (bicyclic) bond motifs is 3. The summed E-state index contributed by atoms with van der Waals surface area (Å²) in [5.74, 6) is 0.901. The molecule has 120 valence electrons. The molecule has 1 N–H and O–H groups in total. The molecule has 22 heavy (non-hydrogen) atoms. The fraction of sp³-hybridized carbons (Fsp3) is 0.650. The van der Waals surface area contributed by atoms with E-state index in [0.717, 1.165) is 35.1 Å². The van der Waals surface area contributed by atoms with Crippen molar-refractivity contribution in [3.8, 4) is 5.75 Å². The standard InChI is InChI=1S/C20H28O2/c1-6-13-12(2)10-15(22)18-17(13)14(21)11-16-19(3,4)8-7-9-20(16,18)5/h10,16,22H,6-9,11H2,1-5H3/t16-,20+/m1/s1. The number of carbonyl (C=O) groups is 1. The predicted octanol–water partition coefficient (Wildman–Crippen LogP) is 4.93. The molecule has 1 saturated carbocycles.